The zero-order valence-corrected chi connectivity index (χ0v) is 12.8. The summed E-state index contributed by atoms with van der Waals surface area (Å²) in [5, 5.41) is 3.36. The van der Waals surface area contributed by atoms with Gasteiger partial charge in [-0.3, -0.25) is 0 Å². The van der Waals surface area contributed by atoms with Crippen LogP contribution in [0.5, 0.6) is 11.6 Å². The summed E-state index contributed by atoms with van der Waals surface area (Å²) in [7, 11) is 1.66. The first kappa shape index (κ1) is 15.3. The molecule has 1 heterocycles. The number of hydrogen-bond donors (Lipinski definition) is 1. The molecule has 0 saturated carbocycles. The molecule has 1 aromatic heterocycles. The Morgan fingerprint density at radius 1 is 1.05 bits per heavy atom. The lowest BCUT2D eigenvalue weighted by Gasteiger charge is -2.09. The van der Waals surface area contributed by atoms with E-state index in [1.165, 1.54) is 0 Å². The summed E-state index contributed by atoms with van der Waals surface area (Å²) in [5.74, 6) is 1.48. The molecule has 0 bridgehead atoms. The van der Waals surface area contributed by atoms with Gasteiger partial charge in [-0.1, -0.05) is 32.0 Å². The highest BCUT2D eigenvalue weighted by atomic mass is 16.5. The van der Waals surface area contributed by atoms with Gasteiger partial charge >= 0.3 is 0 Å². The molecule has 0 radical (unpaired) electrons. The quantitative estimate of drug-likeness (QED) is 0.849. The molecule has 4 heteroatoms. The molecule has 0 unspecified atom stereocenters. The molecule has 0 aliphatic heterocycles. The molecule has 0 aliphatic carbocycles. The minimum absolute atomic E-state index is 0.469. The van der Waals surface area contributed by atoms with E-state index in [1.807, 2.05) is 42.6 Å². The van der Waals surface area contributed by atoms with Gasteiger partial charge in [0.2, 0.25) is 5.88 Å². The van der Waals surface area contributed by atoms with E-state index < -0.39 is 0 Å². The molecule has 4 nitrogen and oxygen atoms in total. The normalized spacial score (nSPS) is 10.7. The highest BCUT2D eigenvalue weighted by molar-refractivity contribution is 5.27. The van der Waals surface area contributed by atoms with E-state index >= 15 is 0 Å². The van der Waals surface area contributed by atoms with Crippen molar-refractivity contribution in [3.63, 3.8) is 0 Å². The average Bonchev–Trinajstić information content (AvgIpc) is 2.52. The van der Waals surface area contributed by atoms with Crippen LogP contribution in [0.2, 0.25) is 0 Å². The summed E-state index contributed by atoms with van der Waals surface area (Å²) in [5.41, 5.74) is 2.24. The first-order chi connectivity index (χ1) is 10.2. The molecule has 112 valence electrons. The Labute approximate surface area is 126 Å². The Bertz CT molecular complexity index is 536. The molecule has 1 N–H and O–H groups in total. The molecular weight excluding hydrogens is 264 g/mol. The first-order valence-corrected chi connectivity index (χ1v) is 7.11. The maximum Gasteiger partial charge on any atom is 0.213 e. The number of ether oxygens (including phenoxy) is 2. The van der Waals surface area contributed by atoms with Crippen molar-refractivity contribution in [3.8, 4) is 11.6 Å². The van der Waals surface area contributed by atoms with Gasteiger partial charge in [0.25, 0.3) is 0 Å². The van der Waals surface area contributed by atoms with Gasteiger partial charge in [-0.15, -0.1) is 0 Å². The monoisotopic (exact) mass is 286 g/mol. The molecule has 0 amide bonds. The van der Waals surface area contributed by atoms with Gasteiger partial charge in [0.1, 0.15) is 12.4 Å². The van der Waals surface area contributed by atoms with Crippen LogP contribution in [-0.4, -0.2) is 18.1 Å². The van der Waals surface area contributed by atoms with Crippen LogP contribution in [0, 0.1) is 0 Å². The Balaban J connectivity index is 1.85. The molecule has 0 saturated heterocycles. The van der Waals surface area contributed by atoms with Gasteiger partial charge < -0.3 is 14.8 Å². The van der Waals surface area contributed by atoms with Crippen LogP contribution >= 0.6 is 0 Å². The van der Waals surface area contributed by atoms with Crippen molar-refractivity contribution in [2.24, 2.45) is 0 Å². The van der Waals surface area contributed by atoms with Crippen molar-refractivity contribution in [3.05, 3.63) is 53.7 Å². The van der Waals surface area contributed by atoms with Crippen molar-refractivity contribution >= 4 is 0 Å². The number of hydrogen-bond acceptors (Lipinski definition) is 4. The summed E-state index contributed by atoms with van der Waals surface area (Å²) in [6.07, 6.45) is 1.85. The fourth-order valence-electron chi connectivity index (χ4n) is 1.80. The lowest BCUT2D eigenvalue weighted by atomic mass is 10.2. The Hall–Kier alpha value is -2.07. The number of nitrogens with zero attached hydrogens (tertiary/aromatic N) is 1. The average molecular weight is 286 g/mol. The van der Waals surface area contributed by atoms with Gasteiger partial charge in [-0.25, -0.2) is 4.98 Å². The Morgan fingerprint density at radius 3 is 2.33 bits per heavy atom. The third-order valence-electron chi connectivity index (χ3n) is 3.06. The van der Waals surface area contributed by atoms with E-state index in [0.717, 1.165) is 23.4 Å². The Morgan fingerprint density at radius 2 is 1.76 bits per heavy atom. The molecule has 0 fully saturated rings. The zero-order valence-electron chi connectivity index (χ0n) is 12.8. The fraction of sp³-hybridized carbons (Fsp3) is 0.353. The molecule has 2 rings (SSSR count). The van der Waals surface area contributed by atoms with Crippen LogP contribution in [0.3, 0.4) is 0 Å². The van der Waals surface area contributed by atoms with Crippen LogP contribution in [0.1, 0.15) is 25.0 Å². The maximum atomic E-state index is 5.67. The molecule has 2 aromatic rings. The second kappa shape index (κ2) is 7.64. The third-order valence-corrected chi connectivity index (χ3v) is 3.06. The number of nitrogens with one attached hydrogen (secondary N) is 1. The highest BCUT2D eigenvalue weighted by Gasteiger charge is 2.00. The minimum Gasteiger partial charge on any atom is -0.497 e. The van der Waals surface area contributed by atoms with E-state index in [1.54, 1.807) is 7.11 Å². The predicted molar refractivity (Wildman–Crippen MR) is 83.5 cm³/mol. The number of rotatable bonds is 7. The highest BCUT2D eigenvalue weighted by Crippen LogP contribution is 2.14. The molecular formula is C17H22N2O2. The zero-order chi connectivity index (χ0) is 15.1. The van der Waals surface area contributed by atoms with Gasteiger partial charge in [0.05, 0.1) is 7.11 Å². The predicted octanol–water partition coefficient (Wildman–Crippen LogP) is 3.17. The second-order valence-corrected chi connectivity index (χ2v) is 5.18. The summed E-state index contributed by atoms with van der Waals surface area (Å²) in [6, 6.07) is 12.2. The van der Waals surface area contributed by atoms with Gasteiger partial charge in [0.15, 0.2) is 0 Å². The van der Waals surface area contributed by atoms with Crippen molar-refractivity contribution < 1.29 is 9.47 Å². The van der Waals surface area contributed by atoms with Crippen LogP contribution in [0.15, 0.2) is 42.6 Å². The van der Waals surface area contributed by atoms with Gasteiger partial charge in [-0.05, 0) is 23.3 Å². The first-order valence-electron chi connectivity index (χ1n) is 7.11. The van der Waals surface area contributed by atoms with Crippen molar-refractivity contribution in [2.75, 3.05) is 7.11 Å². The van der Waals surface area contributed by atoms with E-state index in [9.17, 15) is 0 Å². The van der Waals surface area contributed by atoms with E-state index in [0.29, 0.717) is 18.5 Å². The summed E-state index contributed by atoms with van der Waals surface area (Å²) in [6.45, 7) is 5.57. The maximum absolute atomic E-state index is 5.67. The topological polar surface area (TPSA) is 43.4 Å². The fourth-order valence-corrected chi connectivity index (χ4v) is 1.80. The summed E-state index contributed by atoms with van der Waals surface area (Å²) < 4.78 is 10.8. The molecule has 0 spiro atoms. The van der Waals surface area contributed by atoms with Crippen LogP contribution in [-0.2, 0) is 13.2 Å². The number of pyridine rings is 1. The lowest BCUT2D eigenvalue weighted by Crippen LogP contribution is -2.21. The molecule has 21 heavy (non-hydrogen) atoms. The minimum atomic E-state index is 0.469. The van der Waals surface area contributed by atoms with Crippen molar-refractivity contribution in [1.82, 2.24) is 10.3 Å². The van der Waals surface area contributed by atoms with Crippen LogP contribution < -0.4 is 14.8 Å². The smallest absolute Gasteiger partial charge is 0.213 e. The van der Waals surface area contributed by atoms with E-state index in [4.69, 9.17) is 9.47 Å². The van der Waals surface area contributed by atoms with E-state index in [2.05, 4.69) is 24.1 Å². The van der Waals surface area contributed by atoms with Gasteiger partial charge in [-0.2, -0.15) is 0 Å². The number of aromatic nitrogens is 1. The SMILES string of the molecule is COc1ccc(COc2ccc(CNC(C)C)cn2)cc1. The lowest BCUT2D eigenvalue weighted by molar-refractivity contribution is 0.293. The van der Waals surface area contributed by atoms with Crippen molar-refractivity contribution in [1.29, 1.82) is 0 Å². The largest absolute Gasteiger partial charge is 0.497 e. The number of benzene rings is 1. The Kier molecular flexibility index (Phi) is 5.58. The van der Waals surface area contributed by atoms with Crippen LogP contribution in [0.4, 0.5) is 0 Å². The summed E-state index contributed by atoms with van der Waals surface area (Å²) in [4.78, 5) is 4.32. The van der Waals surface area contributed by atoms with Crippen LogP contribution in [0.25, 0.3) is 0 Å². The molecule has 1 aromatic carbocycles. The second-order valence-electron chi connectivity index (χ2n) is 5.18. The third kappa shape index (κ3) is 5.08. The molecule has 0 aliphatic rings. The standard InChI is InChI=1S/C17H22N2O2/c1-13(2)18-10-15-6-9-17(19-11-15)21-12-14-4-7-16(20-3)8-5-14/h4-9,11,13,18H,10,12H2,1-3H3. The van der Waals surface area contributed by atoms with Crippen molar-refractivity contribution in [2.45, 2.75) is 33.0 Å². The summed E-state index contributed by atoms with van der Waals surface area (Å²) >= 11 is 0. The molecule has 0 atom stereocenters. The number of methoxy groups -OCH3 is 1. The van der Waals surface area contributed by atoms with E-state index in [-0.39, 0.29) is 0 Å². The van der Waals surface area contributed by atoms with Gasteiger partial charge in [0, 0.05) is 24.8 Å².